The average Bonchev–Trinajstić information content (AvgIpc) is 2.79. The van der Waals surface area contributed by atoms with Crippen LogP contribution in [-0.2, 0) is 0 Å². The zero-order chi connectivity index (χ0) is 22.0. The zero-order valence-electron chi connectivity index (χ0n) is 20.8. The molecule has 0 spiro atoms. The Morgan fingerprint density at radius 1 is 1.07 bits per heavy atom. The number of fused-ring (bicyclic) bond motifs is 4. The van der Waals surface area contributed by atoms with Crippen LogP contribution in [-0.4, -0.2) is 61.3 Å². The number of hydrogen-bond acceptors (Lipinski definition) is 3. The topological polar surface area (TPSA) is 26.7 Å². The first-order valence-electron chi connectivity index (χ1n) is 12.4. The Morgan fingerprint density at radius 3 is 2.40 bits per heavy atom. The first-order chi connectivity index (χ1) is 14.0. The molecule has 0 aromatic heterocycles. The van der Waals surface area contributed by atoms with Crippen LogP contribution in [0.15, 0.2) is 23.3 Å². The molecule has 0 radical (unpaired) electrons. The minimum Gasteiger partial charge on any atom is -0.393 e. The van der Waals surface area contributed by atoms with Gasteiger partial charge in [-0.2, -0.15) is 0 Å². The Balaban J connectivity index is 1.67. The molecule has 170 valence electrons. The van der Waals surface area contributed by atoms with E-state index < -0.39 is 0 Å². The van der Waals surface area contributed by atoms with Crippen LogP contribution in [0.4, 0.5) is 0 Å². The highest BCUT2D eigenvalue weighted by Crippen LogP contribution is 2.67. The van der Waals surface area contributed by atoms with Crippen molar-refractivity contribution in [3.63, 3.8) is 0 Å². The van der Waals surface area contributed by atoms with Crippen LogP contribution in [0.2, 0.25) is 0 Å². The molecule has 30 heavy (non-hydrogen) atoms. The van der Waals surface area contributed by atoms with E-state index in [4.69, 9.17) is 0 Å². The van der Waals surface area contributed by atoms with Crippen LogP contribution in [0.1, 0.15) is 66.2 Å². The Kier molecular flexibility index (Phi) is 5.82. The van der Waals surface area contributed by atoms with Gasteiger partial charge in [0.05, 0.1) is 6.10 Å². The van der Waals surface area contributed by atoms with Gasteiger partial charge in [-0.3, -0.25) is 0 Å². The van der Waals surface area contributed by atoms with Crippen molar-refractivity contribution in [3.05, 3.63) is 23.3 Å². The van der Waals surface area contributed by atoms with Crippen molar-refractivity contribution in [2.45, 2.75) is 84.4 Å². The predicted molar refractivity (Wildman–Crippen MR) is 126 cm³/mol. The maximum atomic E-state index is 11.3. The van der Waals surface area contributed by atoms with E-state index >= 15 is 0 Å². The van der Waals surface area contributed by atoms with E-state index in [9.17, 15) is 5.11 Å². The first-order valence-corrected chi connectivity index (χ1v) is 12.4. The van der Waals surface area contributed by atoms with Crippen molar-refractivity contribution in [1.29, 1.82) is 0 Å². The summed E-state index contributed by atoms with van der Waals surface area (Å²) in [7, 11) is 8.86. The minimum atomic E-state index is -0.194. The van der Waals surface area contributed by atoms with Gasteiger partial charge in [0.2, 0.25) is 0 Å². The van der Waals surface area contributed by atoms with Gasteiger partial charge in [0, 0.05) is 18.0 Å². The largest absolute Gasteiger partial charge is 0.393 e. The van der Waals surface area contributed by atoms with E-state index in [0.29, 0.717) is 23.9 Å². The number of hydrogen-bond donors (Lipinski definition) is 1. The summed E-state index contributed by atoms with van der Waals surface area (Å²) >= 11 is 0. The molecule has 0 saturated heterocycles. The zero-order valence-corrected chi connectivity index (χ0v) is 20.8. The van der Waals surface area contributed by atoms with Crippen LogP contribution in [0.3, 0.4) is 0 Å². The van der Waals surface area contributed by atoms with E-state index in [2.05, 4.69) is 77.8 Å². The molecule has 0 heterocycles. The van der Waals surface area contributed by atoms with Gasteiger partial charge >= 0.3 is 0 Å². The Morgan fingerprint density at radius 2 is 1.77 bits per heavy atom. The summed E-state index contributed by atoms with van der Waals surface area (Å²) in [6, 6.07) is 1.11. The number of aliphatic hydroxyl groups is 1. The molecule has 0 bridgehead atoms. The second-order valence-corrected chi connectivity index (χ2v) is 12.1. The van der Waals surface area contributed by atoms with Crippen LogP contribution >= 0.6 is 0 Å². The standard InChI is InChI=1S/C27H46N2O/c1-17-21-10-11-22-20(15-19(21)9-12-23(17)29(7)8)13-14-26(3)25(18(2)28(5)6)24(30)16-27(22,26)4/h13,15,17-18,21-25,30H,9-12,14,16H2,1-8H3/t17-,18?,21+,22-,23+,24-,25+,26-,27+/m1/s1. The SMILES string of the molecule is CC([C@H]1[C@H](O)C[C@@]2(C)[C@@H]3CC[C@@H]4C(=CC3=CC[C@]12C)CC[C@H](N(C)C)[C@@H]4C)N(C)C. The fourth-order valence-corrected chi connectivity index (χ4v) is 8.45. The molecule has 3 heteroatoms. The summed E-state index contributed by atoms with van der Waals surface area (Å²) in [5.41, 5.74) is 3.67. The predicted octanol–water partition coefficient (Wildman–Crippen LogP) is 4.97. The molecule has 0 aliphatic heterocycles. The number of allylic oxidation sites excluding steroid dienone is 4. The molecule has 2 fully saturated rings. The molecule has 3 nitrogen and oxygen atoms in total. The summed E-state index contributed by atoms with van der Waals surface area (Å²) < 4.78 is 0. The lowest BCUT2D eigenvalue weighted by molar-refractivity contribution is -0.0223. The Bertz CT molecular complexity index is 724. The minimum absolute atomic E-state index is 0.163. The van der Waals surface area contributed by atoms with Gasteiger partial charge in [0.1, 0.15) is 0 Å². The molecule has 0 aromatic rings. The van der Waals surface area contributed by atoms with Crippen LogP contribution in [0.25, 0.3) is 0 Å². The van der Waals surface area contributed by atoms with Crippen LogP contribution in [0.5, 0.6) is 0 Å². The van der Waals surface area contributed by atoms with Crippen molar-refractivity contribution in [3.8, 4) is 0 Å². The van der Waals surface area contributed by atoms with Crippen LogP contribution < -0.4 is 0 Å². The molecule has 9 atom stereocenters. The summed E-state index contributed by atoms with van der Waals surface area (Å²) in [6.45, 7) is 9.83. The highest BCUT2D eigenvalue weighted by molar-refractivity contribution is 5.37. The molecular weight excluding hydrogens is 368 g/mol. The molecule has 1 unspecified atom stereocenters. The van der Waals surface area contributed by atoms with Crippen molar-refractivity contribution >= 4 is 0 Å². The van der Waals surface area contributed by atoms with Crippen molar-refractivity contribution in [2.24, 2.45) is 34.5 Å². The highest BCUT2D eigenvalue weighted by Gasteiger charge is 2.64. The number of nitrogens with zero attached hydrogens (tertiary/aromatic N) is 2. The van der Waals surface area contributed by atoms with Crippen LogP contribution in [0, 0.1) is 34.5 Å². The van der Waals surface area contributed by atoms with Crippen molar-refractivity contribution in [1.82, 2.24) is 9.80 Å². The van der Waals surface area contributed by atoms with E-state index in [1.54, 1.807) is 11.1 Å². The lowest BCUT2D eigenvalue weighted by Gasteiger charge is -2.53. The number of aliphatic hydroxyl groups excluding tert-OH is 1. The highest BCUT2D eigenvalue weighted by atomic mass is 16.3. The van der Waals surface area contributed by atoms with Gasteiger partial charge in [-0.05, 0) is 108 Å². The fourth-order valence-electron chi connectivity index (χ4n) is 8.45. The molecule has 0 amide bonds. The van der Waals surface area contributed by atoms with Gasteiger partial charge in [0.15, 0.2) is 0 Å². The second kappa shape index (κ2) is 7.74. The second-order valence-electron chi connectivity index (χ2n) is 12.1. The lowest BCUT2D eigenvalue weighted by atomic mass is 9.51. The summed E-state index contributed by atoms with van der Waals surface area (Å²) in [4.78, 5) is 4.77. The summed E-state index contributed by atoms with van der Waals surface area (Å²) in [5.74, 6) is 2.39. The molecule has 0 aromatic carbocycles. The van der Waals surface area contributed by atoms with E-state index in [1.165, 1.54) is 25.7 Å². The molecule has 4 rings (SSSR count). The summed E-state index contributed by atoms with van der Waals surface area (Å²) in [5, 5.41) is 11.3. The third kappa shape index (κ3) is 3.18. The third-order valence-corrected chi connectivity index (χ3v) is 10.6. The van der Waals surface area contributed by atoms with E-state index in [1.807, 2.05) is 0 Å². The van der Waals surface area contributed by atoms with Gasteiger partial charge < -0.3 is 14.9 Å². The molecular formula is C27H46N2O. The lowest BCUT2D eigenvalue weighted by Crippen LogP contribution is -2.50. The Labute approximate surface area is 185 Å². The van der Waals surface area contributed by atoms with Crippen molar-refractivity contribution < 1.29 is 5.11 Å². The molecule has 1 N–H and O–H groups in total. The van der Waals surface area contributed by atoms with Gasteiger partial charge in [0.25, 0.3) is 0 Å². The quantitative estimate of drug-likeness (QED) is 0.706. The average molecular weight is 415 g/mol. The Hall–Kier alpha value is -0.640. The normalized spacial score (nSPS) is 47.2. The van der Waals surface area contributed by atoms with E-state index in [0.717, 1.165) is 24.7 Å². The monoisotopic (exact) mass is 414 g/mol. The summed E-state index contributed by atoms with van der Waals surface area (Å²) in [6.07, 6.45) is 12.2. The van der Waals surface area contributed by atoms with Gasteiger partial charge in [-0.1, -0.05) is 38.5 Å². The fraction of sp³-hybridized carbons (Fsp3) is 0.852. The number of rotatable bonds is 3. The smallest absolute Gasteiger partial charge is 0.0594 e. The van der Waals surface area contributed by atoms with Crippen molar-refractivity contribution in [2.75, 3.05) is 28.2 Å². The third-order valence-electron chi connectivity index (χ3n) is 10.6. The van der Waals surface area contributed by atoms with Gasteiger partial charge in [-0.25, -0.2) is 0 Å². The van der Waals surface area contributed by atoms with E-state index in [-0.39, 0.29) is 16.9 Å². The molecule has 4 aliphatic carbocycles. The molecule has 2 saturated carbocycles. The van der Waals surface area contributed by atoms with Gasteiger partial charge in [-0.15, -0.1) is 0 Å². The maximum Gasteiger partial charge on any atom is 0.0594 e. The maximum absolute atomic E-state index is 11.3. The first kappa shape index (κ1) is 22.6. The molecule has 4 aliphatic rings.